The van der Waals surface area contributed by atoms with E-state index in [9.17, 15) is 14.4 Å². The van der Waals surface area contributed by atoms with Gasteiger partial charge in [-0.3, -0.25) is 19.3 Å². The summed E-state index contributed by atoms with van der Waals surface area (Å²) in [7, 11) is 3.19. The molecule has 11 heteroatoms. The van der Waals surface area contributed by atoms with Crippen molar-refractivity contribution in [3.05, 3.63) is 42.0 Å². The van der Waals surface area contributed by atoms with E-state index < -0.39 is 12.1 Å². The standard InChI is InChI=1S/C26H39N7O4/c1-5-33-23(28-18-29-33)17-32-14-6-8-24(34)30-22(16-20-9-11-21(37-4)12-10-20)26(36)31(3)19(2)25(35)27-13-7-15-32/h9-12,18-19,22H,5-8,13-17H2,1-4H3,(H,27,35)(H,30,34)/t19-,22-/m0/s1. The number of rotatable bonds is 6. The lowest BCUT2D eigenvalue weighted by atomic mass is 10.0. The molecule has 1 aliphatic rings. The highest BCUT2D eigenvalue weighted by Crippen LogP contribution is 2.14. The van der Waals surface area contributed by atoms with Gasteiger partial charge in [-0.1, -0.05) is 12.1 Å². The Hall–Kier alpha value is -3.47. The SMILES string of the molecule is CCn1ncnc1CN1CCCNC(=O)[C@H](C)N(C)C(=O)[C@H](Cc2ccc(OC)cc2)NC(=O)CCC1. The molecule has 1 aromatic carbocycles. The van der Waals surface area contributed by atoms with Crippen molar-refractivity contribution in [1.29, 1.82) is 0 Å². The Morgan fingerprint density at radius 3 is 2.54 bits per heavy atom. The fraction of sp³-hybridized carbons (Fsp3) is 0.577. The van der Waals surface area contributed by atoms with Crippen LogP contribution in [0.3, 0.4) is 0 Å². The highest BCUT2D eigenvalue weighted by Gasteiger charge is 2.30. The van der Waals surface area contributed by atoms with Gasteiger partial charge in [0.15, 0.2) is 0 Å². The second kappa shape index (κ2) is 13.7. The predicted molar refractivity (Wildman–Crippen MR) is 139 cm³/mol. The van der Waals surface area contributed by atoms with E-state index >= 15 is 0 Å². The van der Waals surface area contributed by atoms with Gasteiger partial charge in [0.2, 0.25) is 17.7 Å². The average Bonchev–Trinajstić information content (AvgIpc) is 3.36. The lowest BCUT2D eigenvalue weighted by Gasteiger charge is -2.29. The van der Waals surface area contributed by atoms with Crippen molar-refractivity contribution < 1.29 is 19.1 Å². The molecule has 2 N–H and O–H groups in total. The first kappa shape index (κ1) is 28.1. The average molecular weight is 514 g/mol. The number of benzene rings is 1. The molecule has 2 aromatic rings. The van der Waals surface area contributed by atoms with Gasteiger partial charge in [0, 0.05) is 39.5 Å². The number of ether oxygens (including phenoxy) is 1. The number of nitrogens with zero attached hydrogens (tertiary/aromatic N) is 5. The maximum absolute atomic E-state index is 13.4. The lowest BCUT2D eigenvalue weighted by Crippen LogP contribution is -2.54. The van der Waals surface area contributed by atoms with Crippen molar-refractivity contribution >= 4 is 17.7 Å². The van der Waals surface area contributed by atoms with Gasteiger partial charge >= 0.3 is 0 Å². The van der Waals surface area contributed by atoms with Gasteiger partial charge in [0.1, 0.15) is 30.0 Å². The number of hydrogen-bond acceptors (Lipinski definition) is 7. The van der Waals surface area contributed by atoms with E-state index in [1.54, 1.807) is 27.4 Å². The molecule has 0 radical (unpaired) electrons. The zero-order chi connectivity index (χ0) is 26.8. The molecule has 0 saturated carbocycles. The van der Waals surface area contributed by atoms with Crippen LogP contribution in [0.5, 0.6) is 5.75 Å². The molecule has 3 rings (SSSR count). The molecule has 0 aliphatic carbocycles. The molecule has 1 aromatic heterocycles. The quantitative estimate of drug-likeness (QED) is 0.591. The maximum Gasteiger partial charge on any atom is 0.245 e. The molecular weight excluding hydrogens is 474 g/mol. The van der Waals surface area contributed by atoms with Crippen molar-refractivity contribution in [3.63, 3.8) is 0 Å². The number of methoxy groups -OCH3 is 1. The van der Waals surface area contributed by atoms with E-state index in [2.05, 4.69) is 25.6 Å². The number of amides is 3. The topological polar surface area (TPSA) is 122 Å². The third-order valence-corrected chi connectivity index (χ3v) is 6.73. The Balaban J connectivity index is 1.75. The summed E-state index contributed by atoms with van der Waals surface area (Å²) in [5, 5.41) is 10.1. The molecule has 1 aliphatic heterocycles. The highest BCUT2D eigenvalue weighted by atomic mass is 16.5. The van der Waals surface area contributed by atoms with Crippen LogP contribution in [0.2, 0.25) is 0 Å². The van der Waals surface area contributed by atoms with Gasteiger partial charge in [-0.15, -0.1) is 0 Å². The smallest absolute Gasteiger partial charge is 0.245 e. The minimum absolute atomic E-state index is 0.191. The fourth-order valence-corrected chi connectivity index (χ4v) is 4.35. The van der Waals surface area contributed by atoms with Gasteiger partial charge in [-0.05, 0) is 50.9 Å². The lowest BCUT2D eigenvalue weighted by molar-refractivity contribution is -0.141. The Bertz CT molecular complexity index is 1040. The molecule has 0 unspecified atom stereocenters. The molecule has 3 amide bonds. The summed E-state index contributed by atoms with van der Waals surface area (Å²) in [6.07, 6.45) is 3.53. The first-order chi connectivity index (χ1) is 17.8. The number of likely N-dealkylation sites (N-methyl/N-ethyl adjacent to an activating group) is 1. The number of nitrogens with one attached hydrogen (secondary N) is 2. The summed E-state index contributed by atoms with van der Waals surface area (Å²) >= 11 is 0. The second-order valence-electron chi connectivity index (χ2n) is 9.31. The first-order valence-corrected chi connectivity index (χ1v) is 12.9. The number of carbonyl (C=O) groups is 3. The molecule has 2 heterocycles. The van der Waals surface area contributed by atoms with Gasteiger partial charge < -0.3 is 20.3 Å². The molecule has 202 valence electrons. The molecule has 1 fully saturated rings. The molecule has 0 spiro atoms. The van der Waals surface area contributed by atoms with E-state index in [4.69, 9.17) is 4.74 Å². The second-order valence-corrected chi connectivity index (χ2v) is 9.31. The summed E-state index contributed by atoms with van der Waals surface area (Å²) in [6, 6.07) is 5.93. The third kappa shape index (κ3) is 8.01. The number of aromatic nitrogens is 3. The van der Waals surface area contributed by atoms with Crippen LogP contribution in [-0.2, 0) is 33.9 Å². The van der Waals surface area contributed by atoms with Gasteiger partial charge in [0.25, 0.3) is 0 Å². The minimum Gasteiger partial charge on any atom is -0.497 e. The fourth-order valence-electron chi connectivity index (χ4n) is 4.35. The van der Waals surface area contributed by atoms with Crippen molar-refractivity contribution in [2.24, 2.45) is 0 Å². The van der Waals surface area contributed by atoms with Crippen LogP contribution in [-0.4, -0.2) is 88.2 Å². The maximum atomic E-state index is 13.4. The molecule has 11 nitrogen and oxygen atoms in total. The number of aryl methyl sites for hydroxylation is 1. The Morgan fingerprint density at radius 1 is 1.11 bits per heavy atom. The van der Waals surface area contributed by atoms with E-state index in [1.165, 1.54) is 4.90 Å². The van der Waals surface area contributed by atoms with Gasteiger partial charge in [0.05, 0.1) is 13.7 Å². The van der Waals surface area contributed by atoms with E-state index in [0.717, 1.165) is 30.9 Å². The Labute approximate surface area is 218 Å². The summed E-state index contributed by atoms with van der Waals surface area (Å²) in [5.74, 6) is 0.864. The van der Waals surface area contributed by atoms with Crippen molar-refractivity contribution in [2.75, 3.05) is 33.8 Å². The zero-order valence-electron chi connectivity index (χ0n) is 22.3. The van der Waals surface area contributed by atoms with Crippen molar-refractivity contribution in [2.45, 2.75) is 64.7 Å². The van der Waals surface area contributed by atoms with Crippen LogP contribution in [0, 0.1) is 0 Å². The molecule has 1 saturated heterocycles. The number of carbonyl (C=O) groups excluding carboxylic acids is 3. The summed E-state index contributed by atoms with van der Waals surface area (Å²) in [4.78, 5) is 47.1. The van der Waals surface area contributed by atoms with Crippen LogP contribution < -0.4 is 15.4 Å². The monoisotopic (exact) mass is 513 g/mol. The van der Waals surface area contributed by atoms with Crippen LogP contribution in [0.15, 0.2) is 30.6 Å². The van der Waals surface area contributed by atoms with Gasteiger partial charge in [-0.2, -0.15) is 5.10 Å². The molecule has 0 bridgehead atoms. The summed E-state index contributed by atoms with van der Waals surface area (Å²) < 4.78 is 7.08. The van der Waals surface area contributed by atoms with Crippen LogP contribution in [0.4, 0.5) is 0 Å². The van der Waals surface area contributed by atoms with Gasteiger partial charge in [-0.25, -0.2) is 9.67 Å². The number of hydrogen-bond donors (Lipinski definition) is 2. The molecule has 2 atom stereocenters. The normalized spacial score (nSPS) is 21.1. The van der Waals surface area contributed by atoms with E-state index in [1.807, 2.05) is 35.9 Å². The van der Waals surface area contributed by atoms with Crippen LogP contribution >= 0.6 is 0 Å². The summed E-state index contributed by atoms with van der Waals surface area (Å²) in [6.45, 7) is 6.98. The third-order valence-electron chi connectivity index (χ3n) is 6.73. The van der Waals surface area contributed by atoms with Crippen LogP contribution in [0.1, 0.15) is 44.5 Å². The molecule has 37 heavy (non-hydrogen) atoms. The first-order valence-electron chi connectivity index (χ1n) is 12.9. The highest BCUT2D eigenvalue weighted by molar-refractivity contribution is 5.92. The minimum atomic E-state index is -0.787. The Morgan fingerprint density at radius 2 is 1.84 bits per heavy atom. The largest absolute Gasteiger partial charge is 0.497 e. The predicted octanol–water partition coefficient (Wildman–Crippen LogP) is 0.983. The van der Waals surface area contributed by atoms with Crippen LogP contribution in [0.25, 0.3) is 0 Å². The van der Waals surface area contributed by atoms with E-state index in [0.29, 0.717) is 44.6 Å². The Kier molecular flexibility index (Phi) is 10.4. The molecular formula is C26H39N7O4. The zero-order valence-corrected chi connectivity index (χ0v) is 22.3. The van der Waals surface area contributed by atoms with E-state index in [-0.39, 0.29) is 17.7 Å². The summed E-state index contributed by atoms with van der Waals surface area (Å²) in [5.41, 5.74) is 0.883. The van der Waals surface area contributed by atoms with Crippen molar-refractivity contribution in [1.82, 2.24) is 35.2 Å². The van der Waals surface area contributed by atoms with Crippen molar-refractivity contribution in [3.8, 4) is 5.75 Å².